The number of hydrogen-bond acceptors (Lipinski definition) is 3. The Morgan fingerprint density at radius 2 is 1.91 bits per heavy atom. The number of Topliss-reactive ketones (excluding diaryl/α,β-unsaturated/α-hetero) is 1. The summed E-state index contributed by atoms with van der Waals surface area (Å²) in [6.07, 6.45) is -0.860. The molecule has 0 aliphatic heterocycles. The van der Waals surface area contributed by atoms with Gasteiger partial charge < -0.3 is 10.2 Å². The standard InChI is InChI=1S/C8H16O3/c1-8(2,3)7(11)4-6(10)5-9/h6,9-10H,4-5H2,1-3H3/t6-/m1/s1. The molecule has 11 heavy (non-hydrogen) atoms. The van der Waals surface area contributed by atoms with E-state index in [9.17, 15) is 4.79 Å². The SMILES string of the molecule is CC(C)(C)C(=O)C[C@@H](O)CO. The number of aliphatic hydroxyl groups excluding tert-OH is 2. The molecule has 0 aromatic rings. The lowest BCUT2D eigenvalue weighted by Gasteiger charge is -2.17. The van der Waals surface area contributed by atoms with Crippen LogP contribution in [-0.4, -0.2) is 28.7 Å². The normalized spacial score (nSPS) is 14.6. The maximum atomic E-state index is 11.2. The predicted molar refractivity (Wildman–Crippen MR) is 42.2 cm³/mol. The summed E-state index contributed by atoms with van der Waals surface area (Å²) in [5.74, 6) is -0.0287. The van der Waals surface area contributed by atoms with Crippen LogP contribution < -0.4 is 0 Å². The van der Waals surface area contributed by atoms with Crippen molar-refractivity contribution in [3.8, 4) is 0 Å². The Bertz CT molecular complexity index is 135. The number of ketones is 1. The quantitative estimate of drug-likeness (QED) is 0.626. The third-order valence-electron chi connectivity index (χ3n) is 1.47. The fourth-order valence-electron chi connectivity index (χ4n) is 0.585. The zero-order valence-corrected chi connectivity index (χ0v) is 7.29. The highest BCUT2D eigenvalue weighted by atomic mass is 16.3. The van der Waals surface area contributed by atoms with Gasteiger partial charge >= 0.3 is 0 Å². The van der Waals surface area contributed by atoms with Crippen LogP contribution in [0.5, 0.6) is 0 Å². The fraction of sp³-hybridized carbons (Fsp3) is 0.875. The van der Waals surface area contributed by atoms with Gasteiger partial charge in [-0.15, -0.1) is 0 Å². The molecule has 0 rings (SSSR count). The first-order valence-corrected chi connectivity index (χ1v) is 3.70. The molecule has 3 nitrogen and oxygen atoms in total. The highest BCUT2D eigenvalue weighted by Gasteiger charge is 2.23. The molecule has 2 N–H and O–H groups in total. The van der Waals surface area contributed by atoms with Gasteiger partial charge in [0.05, 0.1) is 12.7 Å². The Kier molecular flexibility index (Phi) is 3.69. The summed E-state index contributed by atoms with van der Waals surface area (Å²) in [6, 6.07) is 0. The van der Waals surface area contributed by atoms with Gasteiger partial charge in [0.1, 0.15) is 5.78 Å². The summed E-state index contributed by atoms with van der Waals surface area (Å²) in [5.41, 5.74) is -0.420. The zero-order valence-electron chi connectivity index (χ0n) is 7.29. The predicted octanol–water partition coefficient (Wildman–Crippen LogP) is 0.345. The molecule has 0 bridgehead atoms. The van der Waals surface area contributed by atoms with Crippen molar-refractivity contribution in [2.75, 3.05) is 6.61 Å². The summed E-state index contributed by atoms with van der Waals surface area (Å²) in [4.78, 5) is 11.2. The molecule has 0 saturated heterocycles. The summed E-state index contributed by atoms with van der Waals surface area (Å²) in [6.45, 7) is 5.03. The first-order valence-electron chi connectivity index (χ1n) is 3.70. The highest BCUT2D eigenvalue weighted by Crippen LogP contribution is 2.17. The van der Waals surface area contributed by atoms with Gasteiger partial charge in [0.2, 0.25) is 0 Å². The fourth-order valence-corrected chi connectivity index (χ4v) is 0.585. The topological polar surface area (TPSA) is 57.5 Å². The minimum absolute atomic E-state index is 0.0287. The van der Waals surface area contributed by atoms with Gasteiger partial charge in [0.25, 0.3) is 0 Å². The Balaban J connectivity index is 3.88. The van der Waals surface area contributed by atoms with Crippen molar-refractivity contribution in [3.63, 3.8) is 0 Å². The molecular weight excluding hydrogens is 144 g/mol. The molecule has 3 heteroatoms. The molecule has 0 aromatic carbocycles. The largest absolute Gasteiger partial charge is 0.394 e. The molecule has 66 valence electrons. The van der Waals surface area contributed by atoms with Crippen LogP contribution in [0.15, 0.2) is 0 Å². The van der Waals surface area contributed by atoms with E-state index in [1.807, 2.05) is 0 Å². The number of hydrogen-bond donors (Lipinski definition) is 2. The van der Waals surface area contributed by atoms with E-state index in [4.69, 9.17) is 10.2 Å². The molecule has 0 spiro atoms. The number of aliphatic hydroxyl groups is 2. The number of carbonyl (C=O) groups is 1. The van der Waals surface area contributed by atoms with E-state index in [2.05, 4.69) is 0 Å². The van der Waals surface area contributed by atoms with E-state index in [1.165, 1.54) is 0 Å². The van der Waals surface area contributed by atoms with E-state index >= 15 is 0 Å². The second kappa shape index (κ2) is 3.83. The van der Waals surface area contributed by atoms with Crippen LogP contribution in [0.25, 0.3) is 0 Å². The molecule has 0 aliphatic rings. The van der Waals surface area contributed by atoms with Gasteiger partial charge in [-0.05, 0) is 0 Å². The van der Waals surface area contributed by atoms with E-state index in [-0.39, 0.29) is 18.8 Å². The molecule has 0 amide bonds. The number of rotatable bonds is 3. The van der Waals surface area contributed by atoms with Crippen molar-refractivity contribution in [2.24, 2.45) is 5.41 Å². The minimum atomic E-state index is -0.901. The van der Waals surface area contributed by atoms with Gasteiger partial charge in [0.15, 0.2) is 0 Å². The number of carbonyl (C=O) groups excluding carboxylic acids is 1. The van der Waals surface area contributed by atoms with E-state index in [1.54, 1.807) is 20.8 Å². The Morgan fingerprint density at radius 1 is 1.45 bits per heavy atom. The van der Waals surface area contributed by atoms with Crippen molar-refractivity contribution in [3.05, 3.63) is 0 Å². The molecule has 0 aromatic heterocycles. The second-order valence-corrected chi connectivity index (χ2v) is 3.71. The van der Waals surface area contributed by atoms with E-state index < -0.39 is 11.5 Å². The Morgan fingerprint density at radius 3 is 2.18 bits per heavy atom. The molecule has 0 saturated carbocycles. The third-order valence-corrected chi connectivity index (χ3v) is 1.47. The van der Waals surface area contributed by atoms with Gasteiger partial charge in [-0.1, -0.05) is 20.8 Å². The Labute approximate surface area is 67.0 Å². The van der Waals surface area contributed by atoms with Crippen LogP contribution in [0.1, 0.15) is 27.2 Å². The van der Waals surface area contributed by atoms with Crippen molar-refractivity contribution in [1.29, 1.82) is 0 Å². The highest BCUT2D eigenvalue weighted by molar-refractivity contribution is 5.83. The molecule has 1 atom stereocenters. The van der Waals surface area contributed by atoms with Crippen LogP contribution in [0.4, 0.5) is 0 Å². The maximum absolute atomic E-state index is 11.2. The van der Waals surface area contributed by atoms with Crippen LogP contribution >= 0.6 is 0 Å². The first kappa shape index (κ1) is 10.6. The summed E-state index contributed by atoms with van der Waals surface area (Å²) in [5, 5.41) is 17.4. The Hall–Kier alpha value is -0.410. The first-order chi connectivity index (χ1) is 4.88. The van der Waals surface area contributed by atoms with Gasteiger partial charge in [0, 0.05) is 11.8 Å². The summed E-state index contributed by atoms with van der Waals surface area (Å²) in [7, 11) is 0. The lowest BCUT2D eigenvalue weighted by molar-refractivity contribution is -0.128. The van der Waals surface area contributed by atoms with E-state index in [0.717, 1.165) is 0 Å². The summed E-state index contributed by atoms with van der Waals surface area (Å²) >= 11 is 0. The van der Waals surface area contributed by atoms with Crippen molar-refractivity contribution in [1.82, 2.24) is 0 Å². The van der Waals surface area contributed by atoms with Crippen LogP contribution in [0, 0.1) is 5.41 Å². The average Bonchev–Trinajstić information content (AvgIpc) is 1.85. The smallest absolute Gasteiger partial charge is 0.140 e. The molecule has 0 unspecified atom stereocenters. The lowest BCUT2D eigenvalue weighted by atomic mass is 9.88. The van der Waals surface area contributed by atoms with Gasteiger partial charge in [-0.25, -0.2) is 0 Å². The monoisotopic (exact) mass is 160 g/mol. The molecular formula is C8H16O3. The zero-order chi connectivity index (χ0) is 9.07. The minimum Gasteiger partial charge on any atom is -0.394 e. The van der Waals surface area contributed by atoms with Crippen molar-refractivity contribution < 1.29 is 15.0 Å². The van der Waals surface area contributed by atoms with Crippen molar-refractivity contribution >= 4 is 5.78 Å². The average molecular weight is 160 g/mol. The molecule has 0 radical (unpaired) electrons. The van der Waals surface area contributed by atoms with Crippen LogP contribution in [-0.2, 0) is 4.79 Å². The molecule has 0 fully saturated rings. The maximum Gasteiger partial charge on any atom is 0.140 e. The summed E-state index contributed by atoms with van der Waals surface area (Å²) < 4.78 is 0. The van der Waals surface area contributed by atoms with E-state index in [0.29, 0.717) is 0 Å². The molecule has 0 aliphatic carbocycles. The molecule has 0 heterocycles. The van der Waals surface area contributed by atoms with Crippen LogP contribution in [0.3, 0.4) is 0 Å². The van der Waals surface area contributed by atoms with Gasteiger partial charge in [-0.3, -0.25) is 4.79 Å². The van der Waals surface area contributed by atoms with Crippen molar-refractivity contribution in [2.45, 2.75) is 33.3 Å². The van der Waals surface area contributed by atoms with Crippen LogP contribution in [0.2, 0.25) is 0 Å². The van der Waals surface area contributed by atoms with Gasteiger partial charge in [-0.2, -0.15) is 0 Å². The second-order valence-electron chi connectivity index (χ2n) is 3.71. The lowest BCUT2D eigenvalue weighted by Crippen LogP contribution is -2.26. The third kappa shape index (κ3) is 4.11.